The van der Waals surface area contributed by atoms with E-state index in [1.54, 1.807) is 0 Å². The fourth-order valence-corrected chi connectivity index (χ4v) is 2.13. The number of carboxylic acid groups (broad SMARTS) is 1. The topological polar surface area (TPSA) is 37.3 Å². The Labute approximate surface area is 97.3 Å². The van der Waals surface area contributed by atoms with E-state index < -0.39 is 5.97 Å². The molecular weight excluding hydrogens is 200 g/mol. The number of benzene rings is 1. The van der Waals surface area contributed by atoms with Crippen LogP contribution in [0.15, 0.2) is 18.2 Å². The molecule has 0 aliphatic heterocycles. The van der Waals surface area contributed by atoms with Gasteiger partial charge in [0.05, 0.1) is 6.42 Å². The highest BCUT2D eigenvalue weighted by Crippen LogP contribution is 2.30. The van der Waals surface area contributed by atoms with E-state index in [9.17, 15) is 4.79 Å². The van der Waals surface area contributed by atoms with Crippen LogP contribution in [0.3, 0.4) is 0 Å². The largest absolute Gasteiger partial charge is 0.481 e. The van der Waals surface area contributed by atoms with E-state index in [1.165, 1.54) is 16.7 Å². The van der Waals surface area contributed by atoms with Crippen LogP contribution in [-0.2, 0) is 4.79 Å². The smallest absolute Gasteiger partial charge is 0.303 e. The van der Waals surface area contributed by atoms with Crippen molar-refractivity contribution in [3.63, 3.8) is 0 Å². The summed E-state index contributed by atoms with van der Waals surface area (Å²) in [6, 6.07) is 6.24. The van der Waals surface area contributed by atoms with Crippen molar-refractivity contribution < 1.29 is 9.90 Å². The Morgan fingerprint density at radius 1 is 1.31 bits per heavy atom. The number of carbonyl (C=O) groups is 1. The second kappa shape index (κ2) is 5.15. The maximum absolute atomic E-state index is 10.9. The standard InChI is InChI=1S/C14H20O2/c1-9(2)13(8-14(15)16)12-6-5-10(3)7-11(12)4/h5-7,9,13H,8H2,1-4H3,(H,15,16). The molecule has 1 atom stereocenters. The summed E-state index contributed by atoms with van der Waals surface area (Å²) >= 11 is 0. The van der Waals surface area contributed by atoms with E-state index >= 15 is 0 Å². The van der Waals surface area contributed by atoms with Crippen LogP contribution >= 0.6 is 0 Å². The van der Waals surface area contributed by atoms with Gasteiger partial charge in [-0.3, -0.25) is 4.79 Å². The Bertz CT molecular complexity index is 380. The molecule has 0 bridgehead atoms. The fourth-order valence-electron chi connectivity index (χ4n) is 2.13. The molecule has 1 aromatic carbocycles. The molecule has 88 valence electrons. The van der Waals surface area contributed by atoms with Gasteiger partial charge in [-0.2, -0.15) is 0 Å². The number of aliphatic carboxylic acids is 1. The molecule has 0 heterocycles. The summed E-state index contributed by atoms with van der Waals surface area (Å²) < 4.78 is 0. The van der Waals surface area contributed by atoms with Crippen molar-refractivity contribution in [3.05, 3.63) is 34.9 Å². The molecule has 0 amide bonds. The Balaban J connectivity index is 3.05. The van der Waals surface area contributed by atoms with Crippen molar-refractivity contribution >= 4 is 5.97 Å². The molecule has 2 nitrogen and oxygen atoms in total. The minimum Gasteiger partial charge on any atom is -0.481 e. The van der Waals surface area contributed by atoms with Crippen LogP contribution in [0.1, 0.15) is 42.9 Å². The Morgan fingerprint density at radius 2 is 1.94 bits per heavy atom. The van der Waals surface area contributed by atoms with Crippen molar-refractivity contribution in [3.8, 4) is 0 Å². The first kappa shape index (κ1) is 12.8. The zero-order valence-corrected chi connectivity index (χ0v) is 10.4. The van der Waals surface area contributed by atoms with Crippen LogP contribution in [0.5, 0.6) is 0 Å². The molecular formula is C14H20O2. The third-order valence-corrected chi connectivity index (χ3v) is 3.02. The maximum Gasteiger partial charge on any atom is 0.303 e. The molecule has 1 aromatic rings. The quantitative estimate of drug-likeness (QED) is 0.843. The molecule has 1 N–H and O–H groups in total. The van der Waals surface area contributed by atoms with Gasteiger partial charge in [0.15, 0.2) is 0 Å². The predicted molar refractivity (Wildman–Crippen MR) is 65.7 cm³/mol. The average Bonchev–Trinajstić information content (AvgIpc) is 2.14. The zero-order valence-electron chi connectivity index (χ0n) is 10.4. The third-order valence-electron chi connectivity index (χ3n) is 3.02. The summed E-state index contributed by atoms with van der Waals surface area (Å²) in [6.07, 6.45) is 0.210. The molecule has 0 fully saturated rings. The van der Waals surface area contributed by atoms with Crippen LogP contribution in [-0.4, -0.2) is 11.1 Å². The maximum atomic E-state index is 10.9. The van der Waals surface area contributed by atoms with Gasteiger partial charge in [0, 0.05) is 0 Å². The number of rotatable bonds is 4. The minimum absolute atomic E-state index is 0.109. The van der Waals surface area contributed by atoms with E-state index in [2.05, 4.69) is 45.9 Å². The van der Waals surface area contributed by atoms with Crippen molar-refractivity contribution in [1.29, 1.82) is 0 Å². The van der Waals surface area contributed by atoms with E-state index in [0.29, 0.717) is 5.92 Å². The van der Waals surface area contributed by atoms with E-state index in [1.807, 2.05) is 0 Å². The lowest BCUT2D eigenvalue weighted by atomic mass is 9.83. The lowest BCUT2D eigenvalue weighted by molar-refractivity contribution is -0.137. The first-order valence-electron chi connectivity index (χ1n) is 5.70. The monoisotopic (exact) mass is 220 g/mol. The number of carboxylic acids is 1. The second-order valence-corrected chi connectivity index (χ2v) is 4.81. The van der Waals surface area contributed by atoms with Crippen LogP contribution in [0.4, 0.5) is 0 Å². The lowest BCUT2D eigenvalue weighted by Gasteiger charge is -2.21. The summed E-state index contributed by atoms with van der Waals surface area (Å²) in [5.41, 5.74) is 3.59. The van der Waals surface area contributed by atoms with Crippen LogP contribution in [0, 0.1) is 19.8 Å². The highest BCUT2D eigenvalue weighted by atomic mass is 16.4. The summed E-state index contributed by atoms with van der Waals surface area (Å²) in [5, 5.41) is 8.94. The van der Waals surface area contributed by atoms with E-state index in [4.69, 9.17) is 5.11 Å². The lowest BCUT2D eigenvalue weighted by Crippen LogP contribution is -2.13. The van der Waals surface area contributed by atoms with Crippen molar-refractivity contribution in [1.82, 2.24) is 0 Å². The summed E-state index contributed by atoms with van der Waals surface area (Å²) in [7, 11) is 0. The number of aryl methyl sites for hydroxylation is 2. The average molecular weight is 220 g/mol. The van der Waals surface area contributed by atoms with Crippen molar-refractivity contribution in [2.75, 3.05) is 0 Å². The van der Waals surface area contributed by atoms with Gasteiger partial charge >= 0.3 is 5.97 Å². The molecule has 1 unspecified atom stereocenters. The molecule has 16 heavy (non-hydrogen) atoms. The normalized spacial score (nSPS) is 12.8. The number of hydrogen-bond donors (Lipinski definition) is 1. The zero-order chi connectivity index (χ0) is 12.3. The predicted octanol–water partition coefficient (Wildman–Crippen LogP) is 3.52. The molecule has 0 spiro atoms. The molecule has 0 aromatic heterocycles. The van der Waals surface area contributed by atoms with Crippen LogP contribution in [0.25, 0.3) is 0 Å². The van der Waals surface area contributed by atoms with Gasteiger partial charge < -0.3 is 5.11 Å². The molecule has 0 radical (unpaired) electrons. The summed E-state index contributed by atoms with van der Waals surface area (Å²) in [5.74, 6) is -0.269. The van der Waals surface area contributed by atoms with Gasteiger partial charge in [0.1, 0.15) is 0 Å². The molecule has 0 aliphatic carbocycles. The highest BCUT2D eigenvalue weighted by molar-refractivity contribution is 5.68. The SMILES string of the molecule is Cc1ccc(C(CC(=O)O)C(C)C)c(C)c1. The van der Waals surface area contributed by atoms with E-state index in [0.717, 1.165) is 0 Å². The van der Waals surface area contributed by atoms with Gasteiger partial charge in [0.25, 0.3) is 0 Å². The van der Waals surface area contributed by atoms with Crippen molar-refractivity contribution in [2.45, 2.75) is 40.0 Å². The van der Waals surface area contributed by atoms with Crippen molar-refractivity contribution in [2.24, 2.45) is 5.92 Å². The van der Waals surface area contributed by atoms with Gasteiger partial charge in [0.2, 0.25) is 0 Å². The summed E-state index contributed by atoms with van der Waals surface area (Å²) in [4.78, 5) is 10.9. The van der Waals surface area contributed by atoms with Crippen LogP contribution < -0.4 is 0 Å². The molecule has 1 rings (SSSR count). The molecule has 0 saturated carbocycles. The molecule has 2 heteroatoms. The minimum atomic E-state index is -0.723. The molecule has 0 aliphatic rings. The van der Waals surface area contributed by atoms with Gasteiger partial charge in [-0.25, -0.2) is 0 Å². The fraction of sp³-hybridized carbons (Fsp3) is 0.500. The Kier molecular flexibility index (Phi) is 4.11. The van der Waals surface area contributed by atoms with Gasteiger partial charge in [-0.1, -0.05) is 37.6 Å². The number of hydrogen-bond acceptors (Lipinski definition) is 1. The highest BCUT2D eigenvalue weighted by Gasteiger charge is 2.20. The Morgan fingerprint density at radius 3 is 2.38 bits per heavy atom. The summed E-state index contributed by atoms with van der Waals surface area (Å²) in [6.45, 7) is 8.26. The van der Waals surface area contributed by atoms with Crippen LogP contribution in [0.2, 0.25) is 0 Å². The first-order chi connectivity index (χ1) is 7.41. The van der Waals surface area contributed by atoms with Gasteiger partial charge in [-0.15, -0.1) is 0 Å². The van der Waals surface area contributed by atoms with Gasteiger partial charge in [-0.05, 0) is 36.8 Å². The van der Waals surface area contributed by atoms with E-state index in [-0.39, 0.29) is 12.3 Å². The second-order valence-electron chi connectivity index (χ2n) is 4.81. The first-order valence-corrected chi connectivity index (χ1v) is 5.70. The third kappa shape index (κ3) is 3.09. The molecule has 0 saturated heterocycles. The Hall–Kier alpha value is -1.31.